The molecule has 0 amide bonds. The van der Waals surface area contributed by atoms with Crippen LogP contribution in [0.15, 0.2) is 162 Å². The van der Waals surface area contributed by atoms with Crippen LogP contribution in [0.3, 0.4) is 0 Å². The molecule has 10 rings (SSSR count). The van der Waals surface area contributed by atoms with E-state index in [1.807, 2.05) is 12.3 Å². The van der Waals surface area contributed by atoms with Gasteiger partial charge in [0, 0.05) is 46.3 Å². The largest absolute Gasteiger partial charge is 0.456 e. The zero-order chi connectivity index (χ0) is 30.2. The fraction of sp³-hybridized carbons (Fsp3) is 0. The van der Waals surface area contributed by atoms with E-state index >= 15 is 0 Å². The van der Waals surface area contributed by atoms with Crippen molar-refractivity contribution in [3.63, 3.8) is 0 Å². The van der Waals surface area contributed by atoms with Crippen molar-refractivity contribution in [1.82, 2.24) is 4.98 Å². The van der Waals surface area contributed by atoms with E-state index in [2.05, 4.69) is 149 Å². The van der Waals surface area contributed by atoms with Gasteiger partial charge in [0.15, 0.2) is 0 Å². The van der Waals surface area contributed by atoms with Crippen LogP contribution in [-0.4, -0.2) is 4.98 Å². The molecular formula is C43H26N2O. The maximum atomic E-state index is 6.34. The van der Waals surface area contributed by atoms with Gasteiger partial charge in [0.1, 0.15) is 11.2 Å². The van der Waals surface area contributed by atoms with Gasteiger partial charge in [0.25, 0.3) is 0 Å². The highest BCUT2D eigenvalue weighted by Crippen LogP contribution is 2.50. The van der Waals surface area contributed by atoms with Crippen molar-refractivity contribution in [2.75, 3.05) is 4.90 Å². The first-order chi connectivity index (χ1) is 22.8. The van der Waals surface area contributed by atoms with E-state index in [4.69, 9.17) is 4.42 Å². The van der Waals surface area contributed by atoms with Gasteiger partial charge in [-0.2, -0.15) is 0 Å². The molecule has 0 saturated heterocycles. The monoisotopic (exact) mass is 586 g/mol. The summed E-state index contributed by atoms with van der Waals surface area (Å²) in [5.74, 6) is 0. The number of aromatic nitrogens is 1. The highest BCUT2D eigenvalue weighted by molar-refractivity contribution is 6.17. The average molecular weight is 587 g/mol. The Morgan fingerprint density at radius 3 is 2.04 bits per heavy atom. The quantitative estimate of drug-likeness (QED) is 0.205. The first-order valence-corrected chi connectivity index (χ1v) is 15.6. The number of nitrogens with zero attached hydrogens (tertiary/aromatic N) is 2. The third-order valence-corrected chi connectivity index (χ3v) is 9.47. The van der Waals surface area contributed by atoms with Gasteiger partial charge in [-0.25, -0.2) is 0 Å². The van der Waals surface area contributed by atoms with E-state index in [-0.39, 0.29) is 0 Å². The van der Waals surface area contributed by atoms with Crippen molar-refractivity contribution in [3.8, 4) is 33.4 Å². The van der Waals surface area contributed by atoms with Crippen LogP contribution in [0.25, 0.3) is 76.9 Å². The molecule has 0 unspecified atom stereocenters. The third-order valence-electron chi connectivity index (χ3n) is 9.47. The molecule has 0 spiro atoms. The smallest absolute Gasteiger partial charge is 0.138 e. The summed E-state index contributed by atoms with van der Waals surface area (Å²) in [6, 6.07) is 52.5. The standard InChI is InChI=1S/C43H26N2O/c1-2-10-33-27(7-1)8-5-13-34(33)28-15-17-30(18-16-28)45(31-19-20-37-40-26-44-22-21-41(40)46-42(37)25-31)32-23-29-9-6-14-38-35-11-3-4-12-36(35)39(24-32)43(29)38/h1-26H. The second kappa shape index (κ2) is 9.65. The van der Waals surface area contributed by atoms with Crippen molar-refractivity contribution in [2.24, 2.45) is 0 Å². The lowest BCUT2D eigenvalue weighted by Gasteiger charge is -2.26. The maximum absolute atomic E-state index is 6.34. The zero-order valence-corrected chi connectivity index (χ0v) is 24.8. The number of rotatable bonds is 4. The minimum atomic E-state index is 0.843. The summed E-state index contributed by atoms with van der Waals surface area (Å²) in [5.41, 5.74) is 12.5. The minimum absolute atomic E-state index is 0.843. The summed E-state index contributed by atoms with van der Waals surface area (Å²) in [5, 5.41) is 7.14. The van der Waals surface area contributed by atoms with Crippen LogP contribution in [0, 0.1) is 0 Å². The molecule has 7 aromatic carbocycles. The molecule has 3 heteroatoms. The number of fused-ring (bicyclic) bond motifs is 7. The molecule has 1 aliphatic carbocycles. The van der Waals surface area contributed by atoms with E-state index < -0.39 is 0 Å². The predicted octanol–water partition coefficient (Wildman–Crippen LogP) is 12.1. The topological polar surface area (TPSA) is 29.3 Å². The minimum Gasteiger partial charge on any atom is -0.456 e. The van der Waals surface area contributed by atoms with Crippen LogP contribution >= 0.6 is 0 Å². The van der Waals surface area contributed by atoms with Crippen molar-refractivity contribution in [2.45, 2.75) is 0 Å². The molecule has 9 aromatic rings. The molecule has 3 nitrogen and oxygen atoms in total. The van der Waals surface area contributed by atoms with E-state index in [9.17, 15) is 0 Å². The van der Waals surface area contributed by atoms with Crippen LogP contribution in [0.5, 0.6) is 0 Å². The number of furan rings is 1. The summed E-state index contributed by atoms with van der Waals surface area (Å²) >= 11 is 0. The molecule has 2 heterocycles. The fourth-order valence-corrected chi connectivity index (χ4v) is 7.39. The van der Waals surface area contributed by atoms with Crippen LogP contribution in [-0.2, 0) is 0 Å². The molecule has 0 atom stereocenters. The third kappa shape index (κ3) is 3.69. The maximum Gasteiger partial charge on any atom is 0.138 e. The number of benzene rings is 7. The van der Waals surface area contributed by atoms with E-state index in [1.165, 1.54) is 54.9 Å². The summed E-state index contributed by atoms with van der Waals surface area (Å²) in [6.07, 6.45) is 3.66. The van der Waals surface area contributed by atoms with Crippen molar-refractivity contribution in [3.05, 3.63) is 158 Å². The Kier molecular flexibility index (Phi) is 5.28. The number of pyridine rings is 1. The Labute approximate surface area is 265 Å². The summed E-state index contributed by atoms with van der Waals surface area (Å²) < 4.78 is 6.34. The van der Waals surface area contributed by atoms with Gasteiger partial charge in [-0.3, -0.25) is 4.98 Å². The normalized spacial score (nSPS) is 11.9. The van der Waals surface area contributed by atoms with Crippen molar-refractivity contribution in [1.29, 1.82) is 0 Å². The van der Waals surface area contributed by atoms with Gasteiger partial charge in [-0.15, -0.1) is 0 Å². The van der Waals surface area contributed by atoms with Crippen molar-refractivity contribution >= 4 is 60.5 Å². The summed E-state index contributed by atoms with van der Waals surface area (Å²) in [6.45, 7) is 0. The Balaban J connectivity index is 1.18. The first kappa shape index (κ1) is 25.2. The van der Waals surface area contributed by atoms with Crippen LogP contribution in [0.4, 0.5) is 17.1 Å². The SMILES string of the molecule is c1ccc2c(c1)-c1cccc3cc(N(c4ccc(-c5cccc6ccccc56)cc4)c4ccc5c(c4)oc4ccncc45)cc-2c13. The Hall–Kier alpha value is -6.19. The molecule has 0 fully saturated rings. The predicted molar refractivity (Wildman–Crippen MR) is 191 cm³/mol. The van der Waals surface area contributed by atoms with E-state index in [0.717, 1.165) is 39.0 Å². The van der Waals surface area contributed by atoms with Gasteiger partial charge >= 0.3 is 0 Å². The molecule has 0 aliphatic heterocycles. The van der Waals surface area contributed by atoms with Crippen molar-refractivity contribution < 1.29 is 4.42 Å². The van der Waals surface area contributed by atoms with Gasteiger partial charge in [-0.1, -0.05) is 97.1 Å². The van der Waals surface area contributed by atoms with Gasteiger partial charge in [-0.05, 0) is 97.4 Å². The van der Waals surface area contributed by atoms with E-state index in [0.29, 0.717) is 0 Å². The molecule has 46 heavy (non-hydrogen) atoms. The summed E-state index contributed by atoms with van der Waals surface area (Å²) in [4.78, 5) is 6.69. The molecule has 214 valence electrons. The lowest BCUT2D eigenvalue weighted by Crippen LogP contribution is -2.10. The van der Waals surface area contributed by atoms with Gasteiger partial charge in [0.05, 0.1) is 0 Å². The molecule has 0 N–H and O–H groups in total. The average Bonchev–Trinajstić information content (AvgIpc) is 3.65. The molecule has 1 aliphatic rings. The second-order valence-corrected chi connectivity index (χ2v) is 12.0. The molecule has 0 saturated carbocycles. The lowest BCUT2D eigenvalue weighted by atomic mass is 9.97. The van der Waals surface area contributed by atoms with Crippen LogP contribution < -0.4 is 4.90 Å². The molecule has 2 aromatic heterocycles. The van der Waals surface area contributed by atoms with Crippen LogP contribution in [0.2, 0.25) is 0 Å². The Bertz CT molecular complexity index is 2640. The molecular weight excluding hydrogens is 560 g/mol. The number of hydrogen-bond acceptors (Lipinski definition) is 3. The number of anilines is 3. The molecule has 0 bridgehead atoms. The Morgan fingerprint density at radius 1 is 0.435 bits per heavy atom. The van der Waals surface area contributed by atoms with E-state index in [1.54, 1.807) is 6.20 Å². The highest BCUT2D eigenvalue weighted by Gasteiger charge is 2.24. The highest BCUT2D eigenvalue weighted by atomic mass is 16.3. The molecule has 0 radical (unpaired) electrons. The second-order valence-electron chi connectivity index (χ2n) is 12.0. The van der Waals surface area contributed by atoms with Crippen LogP contribution in [0.1, 0.15) is 0 Å². The first-order valence-electron chi connectivity index (χ1n) is 15.6. The van der Waals surface area contributed by atoms with Gasteiger partial charge in [0.2, 0.25) is 0 Å². The lowest BCUT2D eigenvalue weighted by molar-refractivity contribution is 0.668. The van der Waals surface area contributed by atoms with Gasteiger partial charge < -0.3 is 9.32 Å². The fourth-order valence-electron chi connectivity index (χ4n) is 7.39. The summed E-state index contributed by atoms with van der Waals surface area (Å²) in [7, 11) is 0. The zero-order valence-electron chi connectivity index (χ0n) is 24.8. The number of hydrogen-bond donors (Lipinski definition) is 0. The Morgan fingerprint density at radius 2 is 1.15 bits per heavy atom.